The van der Waals surface area contributed by atoms with E-state index in [1.165, 1.54) is 23.5 Å². The maximum Gasteiger partial charge on any atom is 0.211 e. The van der Waals surface area contributed by atoms with E-state index in [9.17, 15) is 12.8 Å². The molecular formula is C13H15FN2O2S2. The molecule has 0 spiro atoms. The van der Waals surface area contributed by atoms with Crippen LogP contribution in [0.5, 0.6) is 0 Å². The van der Waals surface area contributed by atoms with E-state index >= 15 is 0 Å². The summed E-state index contributed by atoms with van der Waals surface area (Å²) in [5.74, 6) is -0.200. The molecule has 1 heterocycles. The third-order valence-corrected chi connectivity index (χ3v) is 5.06. The fourth-order valence-corrected chi connectivity index (χ4v) is 3.14. The van der Waals surface area contributed by atoms with E-state index in [0.29, 0.717) is 6.42 Å². The van der Waals surface area contributed by atoms with Gasteiger partial charge < -0.3 is 0 Å². The highest BCUT2D eigenvalue weighted by Crippen LogP contribution is 2.17. The largest absolute Gasteiger partial charge is 0.248 e. The summed E-state index contributed by atoms with van der Waals surface area (Å²) in [6.45, 7) is 1.80. The van der Waals surface area contributed by atoms with E-state index in [1.807, 2.05) is 0 Å². The van der Waals surface area contributed by atoms with Gasteiger partial charge in [-0.3, -0.25) is 0 Å². The molecule has 0 aliphatic rings. The molecule has 0 saturated carbocycles. The molecule has 2 rings (SSSR count). The fourth-order valence-electron chi connectivity index (χ4n) is 1.59. The Hall–Kier alpha value is -1.31. The monoisotopic (exact) mass is 314 g/mol. The minimum absolute atomic E-state index is 0.0564. The second-order valence-corrected chi connectivity index (χ2v) is 7.54. The summed E-state index contributed by atoms with van der Waals surface area (Å²) in [6, 6.07) is 6.31. The Morgan fingerprint density at radius 2 is 2.00 bits per heavy atom. The lowest BCUT2D eigenvalue weighted by molar-refractivity contribution is 0.582. The van der Waals surface area contributed by atoms with E-state index in [4.69, 9.17) is 0 Å². The van der Waals surface area contributed by atoms with Gasteiger partial charge in [0.1, 0.15) is 10.8 Å². The standard InChI is InChI=1S/C13H15FN2O2S2/c1-2-20(17,18)16-9-13-15-8-12(19-13)7-10-3-5-11(14)6-4-10/h3-6,8,16H,2,7,9H2,1H3. The molecule has 108 valence electrons. The second-order valence-electron chi connectivity index (χ2n) is 4.25. The number of nitrogens with zero attached hydrogens (tertiary/aromatic N) is 1. The molecule has 0 atom stereocenters. The second kappa shape index (κ2) is 6.43. The van der Waals surface area contributed by atoms with Crippen molar-refractivity contribution in [3.8, 4) is 0 Å². The van der Waals surface area contributed by atoms with E-state index in [1.54, 1.807) is 25.3 Å². The van der Waals surface area contributed by atoms with Crippen molar-refractivity contribution in [2.24, 2.45) is 0 Å². The number of hydrogen-bond acceptors (Lipinski definition) is 4. The average molecular weight is 314 g/mol. The molecule has 0 amide bonds. The van der Waals surface area contributed by atoms with Crippen LogP contribution in [-0.2, 0) is 23.0 Å². The van der Waals surface area contributed by atoms with Gasteiger partial charge in [0, 0.05) is 17.5 Å². The Kier molecular flexibility index (Phi) is 4.85. The first-order chi connectivity index (χ1) is 9.48. The van der Waals surface area contributed by atoms with Crippen LogP contribution in [0.1, 0.15) is 22.4 Å². The Labute approximate surface area is 121 Å². The van der Waals surface area contributed by atoms with Crippen LogP contribution in [0.25, 0.3) is 0 Å². The Bertz CT molecular complexity index is 666. The normalized spacial score (nSPS) is 11.7. The van der Waals surface area contributed by atoms with E-state index in [0.717, 1.165) is 15.4 Å². The van der Waals surface area contributed by atoms with Gasteiger partial charge in [0.05, 0.1) is 12.3 Å². The number of thiazole rings is 1. The predicted molar refractivity (Wildman–Crippen MR) is 77.6 cm³/mol. The predicted octanol–water partition coefficient (Wildman–Crippen LogP) is 2.31. The van der Waals surface area contributed by atoms with Crippen molar-refractivity contribution < 1.29 is 12.8 Å². The molecular weight excluding hydrogens is 299 g/mol. The smallest absolute Gasteiger partial charge is 0.211 e. The number of sulfonamides is 1. The van der Waals surface area contributed by atoms with Crippen molar-refractivity contribution in [1.82, 2.24) is 9.71 Å². The number of benzene rings is 1. The SMILES string of the molecule is CCS(=O)(=O)NCc1ncc(Cc2ccc(F)cc2)s1. The average Bonchev–Trinajstić information content (AvgIpc) is 2.87. The van der Waals surface area contributed by atoms with E-state index in [2.05, 4.69) is 9.71 Å². The van der Waals surface area contributed by atoms with Gasteiger partial charge in [-0.25, -0.2) is 22.5 Å². The van der Waals surface area contributed by atoms with Crippen LogP contribution < -0.4 is 4.72 Å². The number of rotatable bonds is 6. The van der Waals surface area contributed by atoms with E-state index in [-0.39, 0.29) is 18.1 Å². The number of aromatic nitrogens is 1. The lowest BCUT2D eigenvalue weighted by Gasteiger charge is -2.00. The van der Waals surface area contributed by atoms with Crippen LogP contribution in [0.3, 0.4) is 0 Å². The first-order valence-electron chi connectivity index (χ1n) is 6.14. The van der Waals surface area contributed by atoms with Gasteiger partial charge >= 0.3 is 0 Å². The van der Waals surface area contributed by atoms with Gasteiger partial charge in [0.15, 0.2) is 0 Å². The molecule has 1 N–H and O–H groups in total. The summed E-state index contributed by atoms with van der Waals surface area (Å²) in [5, 5.41) is 0.721. The van der Waals surface area contributed by atoms with Crippen LogP contribution >= 0.6 is 11.3 Å². The highest BCUT2D eigenvalue weighted by molar-refractivity contribution is 7.89. The molecule has 0 radical (unpaired) electrons. The Morgan fingerprint density at radius 3 is 2.65 bits per heavy atom. The van der Waals surface area contributed by atoms with Crippen molar-refractivity contribution >= 4 is 21.4 Å². The van der Waals surface area contributed by atoms with Crippen molar-refractivity contribution in [2.75, 3.05) is 5.75 Å². The van der Waals surface area contributed by atoms with Gasteiger partial charge in [-0.1, -0.05) is 12.1 Å². The Balaban J connectivity index is 1.97. The first-order valence-corrected chi connectivity index (χ1v) is 8.61. The van der Waals surface area contributed by atoms with Crippen LogP contribution in [0.4, 0.5) is 4.39 Å². The summed E-state index contributed by atoms with van der Waals surface area (Å²) in [7, 11) is -3.20. The number of halogens is 1. The summed E-state index contributed by atoms with van der Waals surface area (Å²) >= 11 is 1.45. The molecule has 4 nitrogen and oxygen atoms in total. The van der Waals surface area contributed by atoms with Crippen molar-refractivity contribution in [3.63, 3.8) is 0 Å². The molecule has 1 aromatic carbocycles. The van der Waals surface area contributed by atoms with Crippen LogP contribution in [0.2, 0.25) is 0 Å². The zero-order valence-electron chi connectivity index (χ0n) is 11.0. The molecule has 0 aliphatic carbocycles. The zero-order valence-corrected chi connectivity index (χ0v) is 12.6. The zero-order chi connectivity index (χ0) is 14.6. The lowest BCUT2D eigenvalue weighted by Crippen LogP contribution is -2.24. The summed E-state index contributed by atoms with van der Waals surface area (Å²) in [4.78, 5) is 5.20. The molecule has 0 aliphatic heterocycles. The van der Waals surface area contributed by atoms with Crippen molar-refractivity contribution in [2.45, 2.75) is 19.9 Å². The molecule has 20 heavy (non-hydrogen) atoms. The van der Waals surface area contributed by atoms with Crippen LogP contribution in [0.15, 0.2) is 30.5 Å². The minimum atomic E-state index is -3.20. The summed E-state index contributed by atoms with van der Waals surface area (Å²) < 4.78 is 37.9. The maximum atomic E-state index is 12.8. The van der Waals surface area contributed by atoms with Crippen molar-refractivity contribution in [3.05, 3.63) is 51.7 Å². The van der Waals surface area contributed by atoms with Gasteiger partial charge in [-0.2, -0.15) is 0 Å². The van der Waals surface area contributed by atoms with E-state index < -0.39 is 10.0 Å². The molecule has 0 bridgehead atoms. The Morgan fingerprint density at radius 1 is 1.30 bits per heavy atom. The van der Waals surface area contributed by atoms with Crippen LogP contribution in [0, 0.1) is 5.82 Å². The quantitative estimate of drug-likeness (QED) is 0.890. The molecule has 7 heteroatoms. The molecule has 2 aromatic rings. The molecule has 0 fully saturated rings. The molecule has 1 aromatic heterocycles. The molecule has 0 unspecified atom stereocenters. The summed E-state index contributed by atoms with van der Waals surface area (Å²) in [6.07, 6.45) is 2.39. The highest BCUT2D eigenvalue weighted by Gasteiger charge is 2.09. The maximum absolute atomic E-state index is 12.8. The third-order valence-electron chi connectivity index (χ3n) is 2.72. The number of nitrogens with one attached hydrogen (secondary N) is 1. The van der Waals surface area contributed by atoms with Crippen molar-refractivity contribution in [1.29, 1.82) is 0 Å². The fraction of sp³-hybridized carbons (Fsp3) is 0.308. The van der Waals surface area contributed by atoms with Gasteiger partial charge in [-0.05, 0) is 24.6 Å². The molecule has 0 saturated heterocycles. The number of hydrogen-bond donors (Lipinski definition) is 1. The minimum Gasteiger partial charge on any atom is -0.248 e. The summed E-state index contributed by atoms with van der Waals surface area (Å²) in [5.41, 5.74) is 0.996. The topological polar surface area (TPSA) is 59.1 Å². The van der Waals surface area contributed by atoms with Gasteiger partial charge in [-0.15, -0.1) is 11.3 Å². The lowest BCUT2D eigenvalue weighted by atomic mass is 10.1. The van der Waals surface area contributed by atoms with Crippen LogP contribution in [-0.4, -0.2) is 19.2 Å². The third kappa shape index (κ3) is 4.36. The van der Waals surface area contributed by atoms with Gasteiger partial charge in [0.25, 0.3) is 0 Å². The highest BCUT2D eigenvalue weighted by atomic mass is 32.2. The van der Waals surface area contributed by atoms with Gasteiger partial charge in [0.2, 0.25) is 10.0 Å². The first kappa shape index (κ1) is 15.1.